The van der Waals surface area contributed by atoms with E-state index in [0.717, 1.165) is 11.4 Å². The molecule has 0 aliphatic carbocycles. The minimum atomic E-state index is -0.0485. The number of furan rings is 1. The Labute approximate surface area is 112 Å². The number of hydrogen-bond donors (Lipinski definition) is 2. The molecule has 0 bridgehead atoms. The van der Waals surface area contributed by atoms with Gasteiger partial charge < -0.3 is 15.1 Å². The van der Waals surface area contributed by atoms with Crippen molar-refractivity contribution >= 4 is 11.6 Å². The van der Waals surface area contributed by atoms with Gasteiger partial charge in [0.1, 0.15) is 5.76 Å². The van der Waals surface area contributed by atoms with Crippen LogP contribution in [0.3, 0.4) is 0 Å². The molecule has 0 spiro atoms. The average molecular weight is 258 g/mol. The van der Waals surface area contributed by atoms with Crippen LogP contribution in [-0.2, 0) is 6.54 Å². The molecule has 0 unspecified atom stereocenters. The van der Waals surface area contributed by atoms with Crippen LogP contribution in [0.2, 0.25) is 0 Å². The maximum atomic E-state index is 11.8. The standard InChI is InChI=1S/C15H18N2O2/c1-11(2)17-15(18)12-5-7-13(8-6-12)16-10-14-4-3-9-19-14/h3-9,11,16H,10H2,1-2H3,(H,17,18). The third kappa shape index (κ3) is 3.88. The van der Waals surface area contributed by atoms with Crippen LogP contribution in [0.1, 0.15) is 30.0 Å². The van der Waals surface area contributed by atoms with Crippen LogP contribution in [0.25, 0.3) is 0 Å². The van der Waals surface area contributed by atoms with Crippen molar-refractivity contribution in [1.82, 2.24) is 5.32 Å². The molecule has 4 heteroatoms. The molecule has 4 nitrogen and oxygen atoms in total. The molecule has 2 rings (SSSR count). The molecule has 2 aromatic rings. The van der Waals surface area contributed by atoms with Crippen molar-refractivity contribution in [1.29, 1.82) is 0 Å². The number of hydrogen-bond acceptors (Lipinski definition) is 3. The van der Waals surface area contributed by atoms with E-state index in [2.05, 4.69) is 10.6 Å². The van der Waals surface area contributed by atoms with Gasteiger partial charge in [0.15, 0.2) is 0 Å². The highest BCUT2D eigenvalue weighted by Gasteiger charge is 2.06. The van der Waals surface area contributed by atoms with Gasteiger partial charge >= 0.3 is 0 Å². The fourth-order valence-corrected chi connectivity index (χ4v) is 1.69. The fourth-order valence-electron chi connectivity index (χ4n) is 1.69. The zero-order valence-electron chi connectivity index (χ0n) is 11.1. The lowest BCUT2D eigenvalue weighted by Gasteiger charge is -2.09. The van der Waals surface area contributed by atoms with Crippen LogP contribution < -0.4 is 10.6 Å². The van der Waals surface area contributed by atoms with E-state index in [9.17, 15) is 4.79 Å². The molecule has 0 aliphatic rings. The Kier molecular flexibility index (Phi) is 4.23. The van der Waals surface area contributed by atoms with Crippen LogP contribution >= 0.6 is 0 Å². The molecule has 1 aromatic heterocycles. The molecule has 19 heavy (non-hydrogen) atoms. The van der Waals surface area contributed by atoms with Gasteiger partial charge in [0, 0.05) is 17.3 Å². The largest absolute Gasteiger partial charge is 0.467 e. The number of carbonyl (C=O) groups is 1. The fraction of sp³-hybridized carbons (Fsp3) is 0.267. The smallest absolute Gasteiger partial charge is 0.251 e. The Morgan fingerprint density at radius 1 is 1.21 bits per heavy atom. The van der Waals surface area contributed by atoms with Gasteiger partial charge in [-0.3, -0.25) is 4.79 Å². The molecular formula is C15H18N2O2. The van der Waals surface area contributed by atoms with E-state index in [-0.39, 0.29) is 11.9 Å². The second-order valence-electron chi connectivity index (χ2n) is 4.64. The third-order valence-corrected chi connectivity index (χ3v) is 2.61. The van der Waals surface area contributed by atoms with E-state index >= 15 is 0 Å². The molecule has 1 amide bonds. The minimum absolute atomic E-state index is 0.0485. The van der Waals surface area contributed by atoms with E-state index in [1.54, 1.807) is 6.26 Å². The predicted molar refractivity (Wildman–Crippen MR) is 75.1 cm³/mol. The summed E-state index contributed by atoms with van der Waals surface area (Å²) >= 11 is 0. The summed E-state index contributed by atoms with van der Waals surface area (Å²) in [6.45, 7) is 4.51. The van der Waals surface area contributed by atoms with Crippen molar-refractivity contribution in [3.05, 3.63) is 54.0 Å². The summed E-state index contributed by atoms with van der Waals surface area (Å²) in [5.74, 6) is 0.828. The molecule has 0 fully saturated rings. The molecule has 0 radical (unpaired) electrons. The minimum Gasteiger partial charge on any atom is -0.467 e. The van der Waals surface area contributed by atoms with Crippen molar-refractivity contribution in [2.24, 2.45) is 0 Å². The Hall–Kier alpha value is -2.23. The van der Waals surface area contributed by atoms with Crippen molar-refractivity contribution in [2.75, 3.05) is 5.32 Å². The molecule has 1 aromatic carbocycles. The molecule has 1 heterocycles. The van der Waals surface area contributed by atoms with Crippen molar-refractivity contribution < 1.29 is 9.21 Å². The highest BCUT2D eigenvalue weighted by molar-refractivity contribution is 5.94. The Morgan fingerprint density at radius 3 is 2.53 bits per heavy atom. The predicted octanol–water partition coefficient (Wildman–Crippen LogP) is 3.03. The lowest BCUT2D eigenvalue weighted by atomic mass is 10.2. The molecule has 0 saturated carbocycles. The number of rotatable bonds is 5. The van der Waals surface area contributed by atoms with Gasteiger partial charge in [-0.1, -0.05) is 0 Å². The van der Waals surface area contributed by atoms with Crippen LogP contribution in [-0.4, -0.2) is 11.9 Å². The van der Waals surface area contributed by atoms with Crippen LogP contribution in [0.4, 0.5) is 5.69 Å². The summed E-state index contributed by atoms with van der Waals surface area (Å²) in [4.78, 5) is 11.8. The number of amides is 1. The summed E-state index contributed by atoms with van der Waals surface area (Å²) in [6.07, 6.45) is 1.65. The van der Waals surface area contributed by atoms with Gasteiger partial charge in [-0.05, 0) is 50.2 Å². The Balaban J connectivity index is 1.92. The van der Waals surface area contributed by atoms with Crippen LogP contribution in [0.15, 0.2) is 47.1 Å². The summed E-state index contributed by atoms with van der Waals surface area (Å²) in [7, 11) is 0. The highest BCUT2D eigenvalue weighted by Crippen LogP contribution is 2.11. The lowest BCUT2D eigenvalue weighted by Crippen LogP contribution is -2.29. The highest BCUT2D eigenvalue weighted by atomic mass is 16.3. The van der Waals surface area contributed by atoms with Crippen molar-refractivity contribution in [3.8, 4) is 0 Å². The van der Waals surface area contributed by atoms with E-state index in [4.69, 9.17) is 4.42 Å². The van der Waals surface area contributed by atoms with Gasteiger partial charge in [0.2, 0.25) is 0 Å². The second-order valence-corrected chi connectivity index (χ2v) is 4.64. The first kappa shape index (κ1) is 13.2. The Bertz CT molecular complexity index is 516. The van der Waals surface area contributed by atoms with Crippen LogP contribution in [0.5, 0.6) is 0 Å². The molecular weight excluding hydrogens is 240 g/mol. The van der Waals surface area contributed by atoms with Gasteiger partial charge in [-0.25, -0.2) is 0 Å². The topological polar surface area (TPSA) is 54.3 Å². The van der Waals surface area contributed by atoms with Gasteiger partial charge in [-0.15, -0.1) is 0 Å². The average Bonchev–Trinajstić information content (AvgIpc) is 2.89. The molecule has 100 valence electrons. The zero-order valence-corrected chi connectivity index (χ0v) is 11.1. The summed E-state index contributed by atoms with van der Waals surface area (Å²) in [6, 6.07) is 11.3. The lowest BCUT2D eigenvalue weighted by molar-refractivity contribution is 0.0943. The third-order valence-electron chi connectivity index (χ3n) is 2.61. The van der Waals surface area contributed by atoms with Crippen LogP contribution in [0, 0.1) is 0 Å². The summed E-state index contributed by atoms with van der Waals surface area (Å²) in [5, 5.41) is 6.09. The van der Waals surface area contributed by atoms with Crippen molar-refractivity contribution in [2.45, 2.75) is 26.4 Å². The molecule has 0 saturated heterocycles. The van der Waals surface area contributed by atoms with Gasteiger partial charge in [0.25, 0.3) is 5.91 Å². The molecule has 2 N–H and O–H groups in total. The van der Waals surface area contributed by atoms with Crippen molar-refractivity contribution in [3.63, 3.8) is 0 Å². The molecule has 0 atom stereocenters. The van der Waals surface area contributed by atoms with E-state index in [0.29, 0.717) is 12.1 Å². The van der Waals surface area contributed by atoms with Gasteiger partial charge in [-0.2, -0.15) is 0 Å². The second kappa shape index (κ2) is 6.09. The number of benzene rings is 1. The summed E-state index contributed by atoms with van der Waals surface area (Å²) in [5.41, 5.74) is 1.62. The van der Waals surface area contributed by atoms with E-state index in [1.807, 2.05) is 50.2 Å². The quantitative estimate of drug-likeness (QED) is 0.866. The normalized spacial score (nSPS) is 10.5. The SMILES string of the molecule is CC(C)NC(=O)c1ccc(NCc2ccco2)cc1. The maximum absolute atomic E-state index is 11.8. The summed E-state index contributed by atoms with van der Waals surface area (Å²) < 4.78 is 5.23. The van der Waals surface area contributed by atoms with E-state index in [1.165, 1.54) is 0 Å². The maximum Gasteiger partial charge on any atom is 0.251 e. The number of anilines is 1. The monoisotopic (exact) mass is 258 g/mol. The molecule has 0 aliphatic heterocycles. The zero-order chi connectivity index (χ0) is 13.7. The first-order valence-corrected chi connectivity index (χ1v) is 6.32. The van der Waals surface area contributed by atoms with Gasteiger partial charge in [0.05, 0.1) is 12.8 Å². The van der Waals surface area contributed by atoms with E-state index < -0.39 is 0 Å². The number of carbonyl (C=O) groups excluding carboxylic acids is 1. The number of nitrogens with one attached hydrogen (secondary N) is 2. The Morgan fingerprint density at radius 2 is 1.95 bits per heavy atom. The first-order valence-electron chi connectivity index (χ1n) is 6.32. The first-order chi connectivity index (χ1) is 9.15.